The van der Waals surface area contributed by atoms with Gasteiger partial charge < -0.3 is 10.1 Å². The van der Waals surface area contributed by atoms with Crippen molar-refractivity contribution in [3.63, 3.8) is 0 Å². The fraction of sp³-hybridized carbons (Fsp3) is 0.394. The van der Waals surface area contributed by atoms with E-state index in [-0.39, 0.29) is 41.0 Å². The third kappa shape index (κ3) is 8.81. The van der Waals surface area contributed by atoms with Crippen LogP contribution in [0.4, 0.5) is 14.5 Å². The standard InChI is InChI=1S/C33H37ClF2N5O2P/c1-21-27(19-37)38-20-39-31(21)25-18-24(34)6-7-26(25)40-32(42)23(9-10-33(2,3)4)17-22-5-8-28(30(36)29(22)35)43-14-11-41-12-15-44-16-13-41/h5-9,18,20,44H,10-17H2,1-4H3,(H,40,42)/b23-9+. The molecule has 1 aliphatic heterocycles. The maximum atomic E-state index is 15.3. The Morgan fingerprint density at radius 3 is 2.64 bits per heavy atom. The molecule has 0 spiro atoms. The number of benzene rings is 2. The number of ether oxygens (including phenoxy) is 1. The number of carbonyl (C=O) groups is 1. The molecule has 4 rings (SSSR count). The first kappa shape index (κ1) is 33.5. The van der Waals surface area contributed by atoms with Crippen molar-refractivity contribution in [3.05, 3.63) is 81.8 Å². The molecule has 1 saturated heterocycles. The fourth-order valence-electron chi connectivity index (χ4n) is 4.78. The molecule has 1 amide bonds. The third-order valence-electron chi connectivity index (χ3n) is 7.31. The van der Waals surface area contributed by atoms with Crippen molar-refractivity contribution in [1.29, 1.82) is 5.26 Å². The van der Waals surface area contributed by atoms with Crippen LogP contribution >= 0.6 is 20.2 Å². The highest BCUT2D eigenvalue weighted by molar-refractivity contribution is 7.38. The molecule has 2 heterocycles. The summed E-state index contributed by atoms with van der Waals surface area (Å²) < 4.78 is 36.0. The van der Waals surface area contributed by atoms with Crippen LogP contribution in [0.25, 0.3) is 11.3 Å². The zero-order valence-electron chi connectivity index (χ0n) is 25.4. The van der Waals surface area contributed by atoms with E-state index in [1.807, 2.05) is 26.8 Å². The third-order valence-corrected chi connectivity index (χ3v) is 8.70. The van der Waals surface area contributed by atoms with Gasteiger partial charge in [-0.25, -0.2) is 14.4 Å². The summed E-state index contributed by atoms with van der Waals surface area (Å²) in [5.74, 6) is -2.72. The Morgan fingerprint density at radius 1 is 1.18 bits per heavy atom. The average Bonchev–Trinajstić information content (AvgIpc) is 2.99. The van der Waals surface area contributed by atoms with Crippen LogP contribution < -0.4 is 10.1 Å². The van der Waals surface area contributed by atoms with E-state index >= 15 is 8.78 Å². The number of aromatic nitrogens is 2. The summed E-state index contributed by atoms with van der Waals surface area (Å²) in [5.41, 5.74) is 2.25. The molecule has 0 saturated carbocycles. The molecule has 44 heavy (non-hydrogen) atoms. The molecular formula is C33H37ClF2N5O2P. The number of nitriles is 1. The molecular weight excluding hydrogens is 603 g/mol. The van der Waals surface area contributed by atoms with Gasteiger partial charge in [-0.1, -0.05) is 44.5 Å². The van der Waals surface area contributed by atoms with Crippen molar-refractivity contribution in [2.45, 2.75) is 40.5 Å². The summed E-state index contributed by atoms with van der Waals surface area (Å²) in [6.45, 7) is 10.7. The first-order chi connectivity index (χ1) is 21.0. The molecule has 0 unspecified atom stereocenters. The summed E-state index contributed by atoms with van der Waals surface area (Å²) >= 11 is 6.29. The van der Waals surface area contributed by atoms with Gasteiger partial charge in [-0.15, -0.1) is 8.58 Å². The first-order valence-corrected chi connectivity index (χ1v) is 16.3. The molecule has 2 aromatic carbocycles. The van der Waals surface area contributed by atoms with Crippen LogP contribution in [0.15, 0.2) is 48.3 Å². The highest BCUT2D eigenvalue weighted by Crippen LogP contribution is 2.33. The quantitative estimate of drug-likeness (QED) is 0.187. The van der Waals surface area contributed by atoms with E-state index in [4.69, 9.17) is 16.3 Å². The number of nitrogens with one attached hydrogen (secondary N) is 1. The smallest absolute Gasteiger partial charge is 0.251 e. The Morgan fingerprint density at radius 2 is 1.93 bits per heavy atom. The van der Waals surface area contributed by atoms with E-state index in [1.165, 1.54) is 18.5 Å². The minimum Gasteiger partial charge on any atom is -0.489 e. The molecule has 7 nitrogen and oxygen atoms in total. The molecule has 1 fully saturated rings. The van der Waals surface area contributed by atoms with Crippen molar-refractivity contribution in [3.8, 4) is 23.1 Å². The van der Waals surface area contributed by atoms with Crippen LogP contribution in [0.1, 0.15) is 44.0 Å². The Bertz CT molecular complexity index is 1580. The molecule has 3 aromatic rings. The van der Waals surface area contributed by atoms with E-state index in [1.54, 1.807) is 31.2 Å². The zero-order valence-corrected chi connectivity index (χ0v) is 27.2. The maximum Gasteiger partial charge on any atom is 0.251 e. The highest BCUT2D eigenvalue weighted by atomic mass is 35.5. The average molecular weight is 640 g/mol. The Balaban J connectivity index is 1.57. The number of carbonyl (C=O) groups excluding carboxylic acids is 1. The normalized spacial score (nSPS) is 14.3. The van der Waals surface area contributed by atoms with Crippen molar-refractivity contribution >= 4 is 31.8 Å². The number of hydrogen-bond acceptors (Lipinski definition) is 6. The molecule has 0 bridgehead atoms. The number of hydrogen-bond donors (Lipinski definition) is 1. The summed E-state index contributed by atoms with van der Waals surface area (Å²) in [5, 5.41) is 12.8. The van der Waals surface area contributed by atoms with Crippen LogP contribution in [-0.2, 0) is 11.2 Å². The van der Waals surface area contributed by atoms with Gasteiger partial charge in [-0.3, -0.25) is 9.69 Å². The molecule has 1 N–H and O–H groups in total. The predicted molar refractivity (Wildman–Crippen MR) is 173 cm³/mol. The van der Waals surface area contributed by atoms with Crippen LogP contribution in [0.3, 0.4) is 0 Å². The van der Waals surface area contributed by atoms with Crippen molar-refractivity contribution < 1.29 is 18.3 Å². The second-order valence-electron chi connectivity index (χ2n) is 11.9. The summed E-state index contributed by atoms with van der Waals surface area (Å²) in [4.78, 5) is 24.3. The lowest BCUT2D eigenvalue weighted by Crippen LogP contribution is -2.35. The highest BCUT2D eigenvalue weighted by Gasteiger charge is 2.22. The van der Waals surface area contributed by atoms with Crippen LogP contribution in [-0.4, -0.2) is 59.3 Å². The van der Waals surface area contributed by atoms with Gasteiger partial charge in [0.25, 0.3) is 5.91 Å². The van der Waals surface area contributed by atoms with Crippen LogP contribution in [0.5, 0.6) is 5.75 Å². The second kappa shape index (κ2) is 15.0. The van der Waals surface area contributed by atoms with E-state index in [0.717, 1.165) is 34.0 Å². The minimum atomic E-state index is -1.06. The number of anilines is 1. The summed E-state index contributed by atoms with van der Waals surface area (Å²) in [6, 6.07) is 9.84. The number of nitrogens with zero attached hydrogens (tertiary/aromatic N) is 4. The van der Waals surface area contributed by atoms with E-state index in [0.29, 0.717) is 40.5 Å². The van der Waals surface area contributed by atoms with Gasteiger partial charge in [0.15, 0.2) is 11.6 Å². The lowest BCUT2D eigenvalue weighted by atomic mass is 9.90. The van der Waals surface area contributed by atoms with Gasteiger partial charge >= 0.3 is 0 Å². The van der Waals surface area contributed by atoms with Crippen molar-refractivity contribution in [2.75, 3.05) is 43.9 Å². The molecule has 1 aromatic heterocycles. The van der Waals surface area contributed by atoms with Gasteiger partial charge in [0.1, 0.15) is 24.7 Å². The molecule has 232 valence electrons. The van der Waals surface area contributed by atoms with E-state index < -0.39 is 17.5 Å². The maximum absolute atomic E-state index is 15.3. The lowest BCUT2D eigenvalue weighted by molar-refractivity contribution is -0.113. The number of rotatable bonds is 10. The first-order valence-electron chi connectivity index (χ1n) is 14.5. The van der Waals surface area contributed by atoms with E-state index in [9.17, 15) is 10.1 Å². The summed E-state index contributed by atoms with van der Waals surface area (Å²) in [6.07, 6.45) is 5.77. The Labute approximate surface area is 264 Å². The lowest BCUT2D eigenvalue weighted by Gasteiger charge is -2.26. The zero-order chi connectivity index (χ0) is 31.9. The molecule has 0 radical (unpaired) electrons. The SMILES string of the molecule is Cc1c(C#N)ncnc1-c1cc(Cl)ccc1NC(=O)/C(=C/CC(C)(C)C)Cc1ccc(OCCN2CCPCC2)c(F)c1F. The Kier molecular flexibility index (Phi) is 11.4. The summed E-state index contributed by atoms with van der Waals surface area (Å²) in [7, 11) is 0.988. The number of halogens is 3. The van der Waals surface area contributed by atoms with Gasteiger partial charge in [-0.2, -0.15) is 9.65 Å². The monoisotopic (exact) mass is 639 g/mol. The van der Waals surface area contributed by atoms with E-state index in [2.05, 4.69) is 20.2 Å². The van der Waals surface area contributed by atoms with Crippen LogP contribution in [0.2, 0.25) is 5.02 Å². The topological polar surface area (TPSA) is 91.1 Å². The molecule has 0 atom stereocenters. The van der Waals surface area contributed by atoms with Crippen molar-refractivity contribution in [1.82, 2.24) is 14.9 Å². The van der Waals surface area contributed by atoms with Gasteiger partial charge in [-0.05, 0) is 60.9 Å². The van der Waals surface area contributed by atoms with Gasteiger partial charge in [0.2, 0.25) is 5.82 Å². The largest absolute Gasteiger partial charge is 0.489 e. The van der Waals surface area contributed by atoms with Gasteiger partial charge in [0, 0.05) is 47.8 Å². The van der Waals surface area contributed by atoms with Crippen LogP contribution in [0, 0.1) is 35.3 Å². The fourth-order valence-corrected chi connectivity index (χ4v) is 6.15. The van der Waals surface area contributed by atoms with Crippen molar-refractivity contribution in [2.24, 2.45) is 5.41 Å². The molecule has 11 heteroatoms. The number of amides is 1. The minimum absolute atomic E-state index is 0.0452. The van der Waals surface area contributed by atoms with Gasteiger partial charge in [0.05, 0.1) is 11.4 Å². The molecule has 0 aliphatic carbocycles. The predicted octanol–water partition coefficient (Wildman–Crippen LogP) is 7.17. The Hall–Kier alpha value is -3.44. The molecule has 1 aliphatic rings. The number of allylic oxidation sites excluding steroid dienone is 1. The second-order valence-corrected chi connectivity index (χ2v) is 13.8.